The first kappa shape index (κ1) is 12.0. The second kappa shape index (κ2) is 4.90. The Bertz CT molecular complexity index is 720. The van der Waals surface area contributed by atoms with Crippen LogP contribution in [0.1, 0.15) is 5.69 Å². The van der Waals surface area contributed by atoms with Crippen molar-refractivity contribution in [1.29, 1.82) is 0 Å². The molecular weight excluding hydrogens is 260 g/mol. The topological polar surface area (TPSA) is 42.7 Å². The summed E-state index contributed by atoms with van der Waals surface area (Å²) < 4.78 is 1.84. The lowest BCUT2D eigenvalue weighted by atomic mass is 10.2. The lowest BCUT2D eigenvalue weighted by Crippen LogP contribution is -2.06. The van der Waals surface area contributed by atoms with Gasteiger partial charge in [-0.25, -0.2) is 0 Å². The molecule has 3 aromatic rings. The molecule has 0 aliphatic rings. The number of hydrogen-bond donors (Lipinski definition) is 1. The summed E-state index contributed by atoms with van der Waals surface area (Å²) in [5.74, 6) is 0. The van der Waals surface area contributed by atoms with Gasteiger partial charge in [-0.05, 0) is 24.3 Å². The minimum Gasteiger partial charge on any atom is -0.378 e. The lowest BCUT2D eigenvalue weighted by molar-refractivity contribution is 0.720. The number of hydrogen-bond acceptors (Lipinski definition) is 3. The molecule has 0 unspecified atom stereocenters. The van der Waals surface area contributed by atoms with Crippen molar-refractivity contribution in [3.8, 4) is 0 Å². The number of pyridine rings is 1. The van der Waals surface area contributed by atoms with Gasteiger partial charge in [-0.15, -0.1) is 0 Å². The largest absolute Gasteiger partial charge is 0.378 e. The number of aromatic nitrogens is 3. The highest BCUT2D eigenvalue weighted by Crippen LogP contribution is 2.26. The van der Waals surface area contributed by atoms with E-state index in [0.29, 0.717) is 11.6 Å². The zero-order chi connectivity index (χ0) is 13.2. The molecule has 2 heterocycles. The first-order valence-electron chi connectivity index (χ1n) is 5.99. The predicted octanol–water partition coefficient (Wildman–Crippen LogP) is 3.23. The van der Waals surface area contributed by atoms with Crippen molar-refractivity contribution in [1.82, 2.24) is 14.8 Å². The van der Waals surface area contributed by atoms with Gasteiger partial charge in [0.15, 0.2) is 0 Å². The second-order valence-corrected chi connectivity index (χ2v) is 4.76. The van der Waals surface area contributed by atoms with Crippen LogP contribution in [0.4, 0.5) is 5.69 Å². The molecular formula is C14H13ClN4. The smallest absolute Gasteiger partial charge is 0.0934 e. The van der Waals surface area contributed by atoms with Crippen molar-refractivity contribution in [2.75, 3.05) is 5.32 Å². The standard InChI is InChI=1S/C14H13ClN4/c1-19-12(4-6-18-19)9-17-13-8-11(15)7-10-3-2-5-16-14(10)13/h2-8,17H,9H2,1H3. The zero-order valence-electron chi connectivity index (χ0n) is 10.5. The van der Waals surface area contributed by atoms with Gasteiger partial charge in [0.05, 0.1) is 23.4 Å². The van der Waals surface area contributed by atoms with Gasteiger partial charge in [0.25, 0.3) is 0 Å². The Morgan fingerprint density at radius 3 is 2.95 bits per heavy atom. The molecule has 0 fully saturated rings. The van der Waals surface area contributed by atoms with Crippen molar-refractivity contribution in [2.24, 2.45) is 7.05 Å². The summed E-state index contributed by atoms with van der Waals surface area (Å²) in [4.78, 5) is 4.40. The minimum atomic E-state index is 0.683. The molecule has 0 aliphatic carbocycles. The van der Waals surface area contributed by atoms with E-state index in [4.69, 9.17) is 11.6 Å². The van der Waals surface area contributed by atoms with Crippen molar-refractivity contribution in [3.05, 3.63) is 53.4 Å². The summed E-state index contributed by atoms with van der Waals surface area (Å²) in [7, 11) is 1.92. The fourth-order valence-electron chi connectivity index (χ4n) is 2.05. The Kier molecular flexibility index (Phi) is 3.09. The average Bonchev–Trinajstić information content (AvgIpc) is 2.81. The normalized spacial score (nSPS) is 10.8. The van der Waals surface area contributed by atoms with E-state index >= 15 is 0 Å². The second-order valence-electron chi connectivity index (χ2n) is 4.33. The summed E-state index contributed by atoms with van der Waals surface area (Å²) in [6, 6.07) is 9.70. The van der Waals surface area contributed by atoms with Gasteiger partial charge in [0.1, 0.15) is 0 Å². The molecule has 0 radical (unpaired) electrons. The quantitative estimate of drug-likeness (QED) is 0.796. The van der Waals surface area contributed by atoms with Gasteiger partial charge in [-0.3, -0.25) is 9.67 Å². The van der Waals surface area contributed by atoms with Crippen LogP contribution in [-0.4, -0.2) is 14.8 Å². The van der Waals surface area contributed by atoms with Crippen LogP contribution in [0.2, 0.25) is 5.02 Å². The van der Waals surface area contributed by atoms with E-state index < -0.39 is 0 Å². The third-order valence-corrected chi connectivity index (χ3v) is 3.27. The van der Waals surface area contributed by atoms with Crippen molar-refractivity contribution >= 4 is 28.2 Å². The number of fused-ring (bicyclic) bond motifs is 1. The van der Waals surface area contributed by atoms with Crippen LogP contribution in [0.5, 0.6) is 0 Å². The van der Waals surface area contributed by atoms with Gasteiger partial charge >= 0.3 is 0 Å². The highest BCUT2D eigenvalue weighted by molar-refractivity contribution is 6.31. The molecule has 0 saturated heterocycles. The first-order chi connectivity index (χ1) is 9.24. The molecule has 0 spiro atoms. The number of rotatable bonds is 3. The van der Waals surface area contributed by atoms with Crippen molar-refractivity contribution in [2.45, 2.75) is 6.54 Å². The summed E-state index contributed by atoms with van der Waals surface area (Å²) in [6.45, 7) is 0.683. The molecule has 19 heavy (non-hydrogen) atoms. The van der Waals surface area contributed by atoms with Gasteiger partial charge in [-0.1, -0.05) is 17.7 Å². The van der Waals surface area contributed by atoms with E-state index in [0.717, 1.165) is 22.3 Å². The maximum absolute atomic E-state index is 6.13. The molecule has 96 valence electrons. The van der Waals surface area contributed by atoms with Gasteiger partial charge in [-0.2, -0.15) is 5.10 Å². The number of nitrogens with one attached hydrogen (secondary N) is 1. The molecule has 3 rings (SSSR count). The Labute approximate surface area is 116 Å². The Morgan fingerprint density at radius 1 is 1.26 bits per heavy atom. The molecule has 0 aliphatic heterocycles. The van der Waals surface area contributed by atoms with Crippen molar-refractivity contribution < 1.29 is 0 Å². The number of halogens is 1. The number of aryl methyl sites for hydroxylation is 1. The zero-order valence-corrected chi connectivity index (χ0v) is 11.2. The van der Waals surface area contributed by atoms with E-state index in [1.54, 1.807) is 12.4 Å². The molecule has 5 heteroatoms. The maximum atomic E-state index is 6.13. The summed E-state index contributed by atoms with van der Waals surface area (Å²) >= 11 is 6.13. The van der Waals surface area contributed by atoms with E-state index in [-0.39, 0.29) is 0 Å². The highest BCUT2D eigenvalue weighted by atomic mass is 35.5. The van der Waals surface area contributed by atoms with Crippen LogP contribution in [0.15, 0.2) is 42.7 Å². The van der Waals surface area contributed by atoms with Gasteiger partial charge < -0.3 is 5.32 Å². The molecule has 1 N–H and O–H groups in total. The monoisotopic (exact) mass is 272 g/mol. The Hall–Kier alpha value is -2.07. The van der Waals surface area contributed by atoms with E-state index in [9.17, 15) is 0 Å². The number of benzene rings is 1. The van der Waals surface area contributed by atoms with E-state index in [2.05, 4.69) is 15.4 Å². The summed E-state index contributed by atoms with van der Waals surface area (Å²) in [5, 5.41) is 9.24. The van der Waals surface area contributed by atoms with E-state index in [1.165, 1.54) is 0 Å². The molecule has 4 nitrogen and oxygen atoms in total. The van der Waals surface area contributed by atoms with Crippen LogP contribution in [0.3, 0.4) is 0 Å². The minimum absolute atomic E-state index is 0.683. The molecule has 0 saturated carbocycles. The molecule has 2 aromatic heterocycles. The maximum Gasteiger partial charge on any atom is 0.0934 e. The third-order valence-electron chi connectivity index (χ3n) is 3.05. The molecule has 0 atom stereocenters. The van der Waals surface area contributed by atoms with Crippen LogP contribution >= 0.6 is 11.6 Å². The SMILES string of the molecule is Cn1nccc1CNc1cc(Cl)cc2cccnc12. The number of anilines is 1. The van der Waals surface area contributed by atoms with E-state index in [1.807, 2.05) is 42.1 Å². The predicted molar refractivity (Wildman–Crippen MR) is 77.3 cm³/mol. The first-order valence-corrected chi connectivity index (χ1v) is 6.37. The Balaban J connectivity index is 1.94. The average molecular weight is 273 g/mol. The fraction of sp³-hybridized carbons (Fsp3) is 0.143. The Morgan fingerprint density at radius 2 is 2.16 bits per heavy atom. The molecule has 1 aromatic carbocycles. The summed E-state index contributed by atoms with van der Waals surface area (Å²) in [6.07, 6.45) is 3.57. The highest BCUT2D eigenvalue weighted by Gasteiger charge is 2.05. The van der Waals surface area contributed by atoms with Gasteiger partial charge in [0.2, 0.25) is 0 Å². The van der Waals surface area contributed by atoms with Crippen LogP contribution in [-0.2, 0) is 13.6 Å². The molecule has 0 amide bonds. The fourth-order valence-corrected chi connectivity index (χ4v) is 2.28. The van der Waals surface area contributed by atoms with Crippen LogP contribution in [0.25, 0.3) is 10.9 Å². The lowest BCUT2D eigenvalue weighted by Gasteiger charge is -2.10. The summed E-state index contributed by atoms with van der Waals surface area (Å²) in [5.41, 5.74) is 2.96. The van der Waals surface area contributed by atoms with Gasteiger partial charge in [0, 0.05) is 29.9 Å². The molecule has 0 bridgehead atoms. The third kappa shape index (κ3) is 2.39. The van der Waals surface area contributed by atoms with Crippen LogP contribution < -0.4 is 5.32 Å². The number of nitrogens with zero attached hydrogens (tertiary/aromatic N) is 3. The van der Waals surface area contributed by atoms with Crippen molar-refractivity contribution in [3.63, 3.8) is 0 Å². The van der Waals surface area contributed by atoms with Crippen LogP contribution in [0, 0.1) is 0 Å².